The van der Waals surface area contributed by atoms with E-state index >= 15 is 0 Å². The number of aliphatic carboxylic acids is 1. The fourth-order valence-corrected chi connectivity index (χ4v) is 3.98. The van der Waals surface area contributed by atoms with E-state index in [-0.39, 0.29) is 11.0 Å². The van der Waals surface area contributed by atoms with Gasteiger partial charge < -0.3 is 9.84 Å². The second kappa shape index (κ2) is 3.98. The van der Waals surface area contributed by atoms with Crippen LogP contribution in [0.5, 0.6) is 0 Å². The fraction of sp³-hybridized carbons (Fsp3) is 0.929. The van der Waals surface area contributed by atoms with Gasteiger partial charge in [-0.05, 0) is 44.4 Å². The molecule has 0 aromatic heterocycles. The number of carboxylic acid groups (broad SMARTS) is 1. The van der Waals surface area contributed by atoms with E-state index in [1.807, 2.05) is 0 Å². The summed E-state index contributed by atoms with van der Waals surface area (Å²) >= 11 is 0. The predicted molar refractivity (Wildman–Crippen MR) is 63.8 cm³/mol. The van der Waals surface area contributed by atoms with Crippen LogP contribution in [0, 0.1) is 11.3 Å². The van der Waals surface area contributed by atoms with E-state index < -0.39 is 5.97 Å². The quantitative estimate of drug-likeness (QED) is 0.804. The number of carbonyl (C=O) groups is 1. The second-order valence-electron chi connectivity index (χ2n) is 6.24. The lowest BCUT2D eigenvalue weighted by Gasteiger charge is -2.45. The van der Waals surface area contributed by atoms with Gasteiger partial charge in [0.05, 0.1) is 11.0 Å². The van der Waals surface area contributed by atoms with Gasteiger partial charge in [0.1, 0.15) is 0 Å². The molecule has 3 aliphatic rings. The van der Waals surface area contributed by atoms with E-state index in [0.29, 0.717) is 5.92 Å². The summed E-state index contributed by atoms with van der Waals surface area (Å²) in [5, 5.41) is 9.40. The molecular weight excluding hydrogens is 216 g/mol. The van der Waals surface area contributed by atoms with Crippen molar-refractivity contribution in [1.29, 1.82) is 0 Å². The Balaban J connectivity index is 1.73. The van der Waals surface area contributed by atoms with Crippen LogP contribution in [0.2, 0.25) is 0 Å². The first kappa shape index (κ1) is 11.5. The van der Waals surface area contributed by atoms with Crippen molar-refractivity contribution in [2.45, 2.75) is 63.4 Å². The van der Waals surface area contributed by atoms with Crippen LogP contribution < -0.4 is 0 Å². The summed E-state index contributed by atoms with van der Waals surface area (Å²) in [5.41, 5.74) is -0.319. The summed E-state index contributed by atoms with van der Waals surface area (Å²) in [6.07, 6.45) is 9.87. The molecule has 3 heteroatoms. The van der Waals surface area contributed by atoms with Crippen LogP contribution >= 0.6 is 0 Å². The number of hydrogen-bond acceptors (Lipinski definition) is 2. The summed E-state index contributed by atoms with van der Waals surface area (Å²) in [6, 6.07) is 0. The van der Waals surface area contributed by atoms with E-state index in [0.717, 1.165) is 45.1 Å². The predicted octanol–water partition coefficient (Wildman–Crippen LogP) is 2.98. The Hall–Kier alpha value is -0.570. The smallest absolute Gasteiger partial charge is 0.309 e. The molecule has 3 nitrogen and oxygen atoms in total. The van der Waals surface area contributed by atoms with Gasteiger partial charge in [-0.3, -0.25) is 4.79 Å². The first-order valence-electron chi connectivity index (χ1n) is 7.04. The zero-order chi connectivity index (χ0) is 11.9. The van der Waals surface area contributed by atoms with Gasteiger partial charge in [0.15, 0.2) is 0 Å². The molecular formula is C14H22O3. The number of hydrogen-bond donors (Lipinski definition) is 1. The van der Waals surface area contributed by atoms with Crippen molar-refractivity contribution in [1.82, 2.24) is 0 Å². The van der Waals surface area contributed by atoms with Crippen molar-refractivity contribution in [2.24, 2.45) is 11.3 Å². The topological polar surface area (TPSA) is 46.5 Å². The van der Waals surface area contributed by atoms with Crippen LogP contribution in [0.15, 0.2) is 0 Å². The highest BCUT2D eigenvalue weighted by molar-refractivity contribution is 5.78. The van der Waals surface area contributed by atoms with Crippen LogP contribution in [0.4, 0.5) is 0 Å². The average Bonchev–Trinajstić information content (AvgIpc) is 3.11. The van der Waals surface area contributed by atoms with Crippen molar-refractivity contribution >= 4 is 5.97 Å². The van der Waals surface area contributed by atoms with Crippen LogP contribution in [0.25, 0.3) is 0 Å². The Labute approximate surface area is 103 Å². The maximum Gasteiger partial charge on any atom is 0.309 e. The first-order chi connectivity index (χ1) is 8.17. The highest BCUT2D eigenvalue weighted by Gasteiger charge is 2.58. The molecule has 3 rings (SSSR count). The summed E-state index contributed by atoms with van der Waals surface area (Å²) in [4.78, 5) is 11.4. The third-order valence-corrected chi connectivity index (χ3v) is 5.25. The van der Waals surface area contributed by atoms with Gasteiger partial charge in [0.25, 0.3) is 0 Å². The van der Waals surface area contributed by atoms with Gasteiger partial charge >= 0.3 is 5.97 Å². The molecule has 0 aromatic rings. The first-order valence-corrected chi connectivity index (χ1v) is 7.04. The van der Waals surface area contributed by atoms with E-state index in [1.165, 1.54) is 19.3 Å². The van der Waals surface area contributed by atoms with Gasteiger partial charge in [-0.15, -0.1) is 0 Å². The van der Waals surface area contributed by atoms with Crippen LogP contribution in [-0.4, -0.2) is 23.3 Å². The number of ether oxygens (including phenoxy) is 1. The Kier molecular flexibility index (Phi) is 2.69. The third-order valence-electron chi connectivity index (χ3n) is 5.25. The molecule has 2 saturated carbocycles. The summed E-state index contributed by atoms with van der Waals surface area (Å²) in [5.74, 6) is -0.192. The Bertz CT molecular complexity index is 308. The zero-order valence-corrected chi connectivity index (χ0v) is 10.4. The molecule has 1 heterocycles. The van der Waals surface area contributed by atoms with Gasteiger partial charge in [-0.1, -0.05) is 19.3 Å². The average molecular weight is 238 g/mol. The van der Waals surface area contributed by atoms with E-state index in [2.05, 4.69) is 0 Å². The monoisotopic (exact) mass is 238 g/mol. The van der Waals surface area contributed by atoms with Crippen LogP contribution in [0.3, 0.4) is 0 Å². The number of rotatable bonds is 2. The van der Waals surface area contributed by atoms with Gasteiger partial charge in [-0.2, -0.15) is 0 Å². The lowest BCUT2D eigenvalue weighted by Crippen LogP contribution is -2.45. The molecule has 96 valence electrons. The molecule has 2 aliphatic carbocycles. The van der Waals surface area contributed by atoms with Crippen molar-refractivity contribution < 1.29 is 14.6 Å². The van der Waals surface area contributed by atoms with Crippen molar-refractivity contribution in [3.05, 3.63) is 0 Å². The van der Waals surface area contributed by atoms with Crippen LogP contribution in [0.1, 0.15) is 57.8 Å². The minimum absolute atomic E-state index is 0.0478. The second-order valence-corrected chi connectivity index (χ2v) is 6.24. The van der Waals surface area contributed by atoms with Crippen molar-refractivity contribution in [3.8, 4) is 0 Å². The minimum atomic E-state index is -0.560. The zero-order valence-electron chi connectivity index (χ0n) is 10.4. The summed E-state index contributed by atoms with van der Waals surface area (Å²) < 4.78 is 6.05. The molecule has 0 aromatic carbocycles. The van der Waals surface area contributed by atoms with Gasteiger partial charge in [0, 0.05) is 6.61 Å². The molecule has 1 N–H and O–H groups in total. The molecule has 0 radical (unpaired) electrons. The molecule has 1 unspecified atom stereocenters. The molecule has 1 spiro atoms. The molecule has 1 atom stereocenters. The lowest BCUT2D eigenvalue weighted by molar-refractivity contribution is -0.156. The third kappa shape index (κ3) is 1.88. The van der Waals surface area contributed by atoms with E-state index in [9.17, 15) is 9.90 Å². The molecule has 17 heavy (non-hydrogen) atoms. The molecule has 1 saturated heterocycles. The summed E-state index contributed by atoms with van der Waals surface area (Å²) in [6.45, 7) is 0.777. The normalized spacial score (nSPS) is 34.5. The molecule has 0 amide bonds. The molecule has 0 bridgehead atoms. The molecule has 1 aliphatic heterocycles. The maximum absolute atomic E-state index is 11.4. The summed E-state index contributed by atoms with van der Waals surface area (Å²) in [7, 11) is 0. The Morgan fingerprint density at radius 1 is 1.12 bits per heavy atom. The van der Waals surface area contributed by atoms with Gasteiger partial charge in [0.2, 0.25) is 0 Å². The van der Waals surface area contributed by atoms with E-state index in [4.69, 9.17) is 4.74 Å². The minimum Gasteiger partial charge on any atom is -0.481 e. The standard InChI is InChI=1S/C14H22O3/c15-12(16)14(7-8-14)11-4-9-17-13(10-11)5-2-1-3-6-13/h11H,1-10H2,(H,15,16). The maximum atomic E-state index is 11.4. The van der Waals surface area contributed by atoms with Crippen molar-refractivity contribution in [2.75, 3.05) is 6.61 Å². The molecule has 3 fully saturated rings. The SMILES string of the molecule is O=C(O)C1(C2CCOC3(CCCCC3)C2)CC1. The highest BCUT2D eigenvalue weighted by atomic mass is 16.5. The van der Waals surface area contributed by atoms with E-state index in [1.54, 1.807) is 0 Å². The Morgan fingerprint density at radius 2 is 1.82 bits per heavy atom. The fourth-order valence-electron chi connectivity index (χ4n) is 3.98. The highest BCUT2D eigenvalue weighted by Crippen LogP contribution is 2.58. The van der Waals surface area contributed by atoms with Crippen LogP contribution in [-0.2, 0) is 9.53 Å². The Morgan fingerprint density at radius 3 is 2.41 bits per heavy atom. The lowest BCUT2D eigenvalue weighted by atomic mass is 9.71. The largest absolute Gasteiger partial charge is 0.481 e. The van der Waals surface area contributed by atoms with Crippen molar-refractivity contribution in [3.63, 3.8) is 0 Å². The number of carboxylic acids is 1. The van der Waals surface area contributed by atoms with Gasteiger partial charge in [-0.25, -0.2) is 0 Å².